The quantitative estimate of drug-likeness (QED) is 0.666. The van der Waals surface area contributed by atoms with Gasteiger partial charge in [0.05, 0.1) is 19.1 Å². The van der Waals surface area contributed by atoms with Gasteiger partial charge in [0.1, 0.15) is 24.7 Å². The molecule has 27 heavy (non-hydrogen) atoms. The van der Waals surface area contributed by atoms with Crippen LogP contribution >= 0.6 is 0 Å². The van der Waals surface area contributed by atoms with E-state index in [4.69, 9.17) is 9.47 Å². The summed E-state index contributed by atoms with van der Waals surface area (Å²) in [6.45, 7) is 3.57. The Kier molecular flexibility index (Phi) is 6.84. The number of carbonyl (C=O) groups excluding carboxylic acids is 1. The summed E-state index contributed by atoms with van der Waals surface area (Å²) < 4.78 is 36.0. The lowest BCUT2D eigenvalue weighted by Gasteiger charge is -2.23. The summed E-state index contributed by atoms with van der Waals surface area (Å²) in [4.78, 5) is 12.4. The summed E-state index contributed by atoms with van der Waals surface area (Å²) in [5.41, 5.74) is 0.824. The summed E-state index contributed by atoms with van der Waals surface area (Å²) in [6.07, 6.45) is 2.67. The van der Waals surface area contributed by atoms with Crippen molar-refractivity contribution in [3.05, 3.63) is 61.2 Å². The first-order chi connectivity index (χ1) is 12.8. The number of nitrogens with one attached hydrogen (secondary N) is 1. The van der Waals surface area contributed by atoms with Crippen LogP contribution in [0.25, 0.3) is 0 Å². The van der Waals surface area contributed by atoms with Gasteiger partial charge >= 0.3 is 0 Å². The number of ether oxygens (including phenoxy) is 2. The lowest BCUT2D eigenvalue weighted by Crippen LogP contribution is -2.37. The van der Waals surface area contributed by atoms with Crippen molar-refractivity contribution in [3.63, 3.8) is 0 Å². The minimum Gasteiger partial charge on any atom is -0.495 e. The van der Waals surface area contributed by atoms with Crippen LogP contribution in [0.5, 0.6) is 11.5 Å². The van der Waals surface area contributed by atoms with Crippen LogP contribution in [-0.2, 0) is 14.8 Å². The number of carbonyl (C=O) groups is 1. The Hall–Kier alpha value is -3.00. The maximum atomic E-state index is 12.4. The van der Waals surface area contributed by atoms with E-state index in [1.54, 1.807) is 54.6 Å². The Bertz CT molecular complexity index is 895. The molecular weight excluding hydrogens is 368 g/mol. The maximum Gasteiger partial charge on any atom is 0.245 e. The van der Waals surface area contributed by atoms with Gasteiger partial charge in [0.15, 0.2) is 0 Å². The summed E-state index contributed by atoms with van der Waals surface area (Å²) in [6, 6.07) is 13.4. The van der Waals surface area contributed by atoms with Crippen molar-refractivity contribution in [3.8, 4) is 11.5 Å². The van der Waals surface area contributed by atoms with Gasteiger partial charge in [-0.2, -0.15) is 0 Å². The highest BCUT2D eigenvalue weighted by atomic mass is 32.2. The van der Waals surface area contributed by atoms with Gasteiger partial charge in [-0.15, -0.1) is 0 Å². The fourth-order valence-electron chi connectivity index (χ4n) is 2.34. The molecule has 0 aliphatic heterocycles. The third-order valence-electron chi connectivity index (χ3n) is 3.55. The topological polar surface area (TPSA) is 84.9 Å². The Morgan fingerprint density at radius 1 is 1.19 bits per heavy atom. The standard InChI is InChI=1S/C19H22N2O5S/c1-4-13-26-16-11-9-15(10-12-16)20-19(22)14-21(27(3,23)24)17-7-5-6-8-18(17)25-2/h4-12H,1,13-14H2,2-3H3,(H,20,22). The Morgan fingerprint density at radius 3 is 2.44 bits per heavy atom. The van der Waals surface area contributed by atoms with Gasteiger partial charge in [0.2, 0.25) is 15.9 Å². The number of sulfonamides is 1. The average molecular weight is 390 g/mol. The molecule has 0 radical (unpaired) electrons. The van der Waals surface area contributed by atoms with Crippen LogP contribution < -0.4 is 19.1 Å². The van der Waals surface area contributed by atoms with Gasteiger partial charge < -0.3 is 14.8 Å². The first-order valence-corrected chi connectivity index (χ1v) is 9.94. The molecule has 144 valence electrons. The molecule has 1 N–H and O–H groups in total. The van der Waals surface area contributed by atoms with E-state index < -0.39 is 15.9 Å². The number of anilines is 2. The molecule has 0 bridgehead atoms. The van der Waals surface area contributed by atoms with E-state index in [2.05, 4.69) is 11.9 Å². The van der Waals surface area contributed by atoms with Crippen LogP contribution in [0.2, 0.25) is 0 Å². The number of para-hydroxylation sites is 2. The van der Waals surface area contributed by atoms with Crippen molar-refractivity contribution in [2.75, 3.05) is 36.1 Å². The van der Waals surface area contributed by atoms with Crippen molar-refractivity contribution >= 4 is 27.3 Å². The van der Waals surface area contributed by atoms with Crippen LogP contribution in [-0.4, -0.2) is 40.8 Å². The van der Waals surface area contributed by atoms with Gasteiger partial charge in [-0.3, -0.25) is 9.10 Å². The lowest BCUT2D eigenvalue weighted by atomic mass is 10.3. The van der Waals surface area contributed by atoms with Gasteiger partial charge in [0.25, 0.3) is 0 Å². The number of benzene rings is 2. The second-order valence-corrected chi connectivity index (χ2v) is 7.52. The maximum absolute atomic E-state index is 12.4. The highest BCUT2D eigenvalue weighted by Crippen LogP contribution is 2.29. The Morgan fingerprint density at radius 2 is 1.85 bits per heavy atom. The molecule has 0 aliphatic rings. The zero-order chi connectivity index (χ0) is 19.9. The second kappa shape index (κ2) is 9.09. The van der Waals surface area contributed by atoms with Crippen molar-refractivity contribution in [1.29, 1.82) is 0 Å². The monoisotopic (exact) mass is 390 g/mol. The third kappa shape index (κ3) is 5.75. The molecule has 0 atom stereocenters. The van der Waals surface area contributed by atoms with E-state index in [1.807, 2.05) is 0 Å². The normalized spacial score (nSPS) is 10.7. The molecule has 0 aliphatic carbocycles. The fourth-order valence-corrected chi connectivity index (χ4v) is 3.20. The molecule has 2 rings (SSSR count). The molecule has 2 aromatic rings. The van der Waals surface area contributed by atoms with Crippen LogP contribution in [0.4, 0.5) is 11.4 Å². The number of amides is 1. The zero-order valence-electron chi connectivity index (χ0n) is 15.2. The molecule has 0 saturated heterocycles. The number of hydrogen-bond donors (Lipinski definition) is 1. The van der Waals surface area contributed by atoms with E-state index in [0.29, 0.717) is 29.5 Å². The molecule has 1 amide bonds. The molecule has 0 spiro atoms. The molecule has 0 heterocycles. The number of hydrogen-bond acceptors (Lipinski definition) is 5. The molecule has 0 aromatic heterocycles. The highest BCUT2D eigenvalue weighted by Gasteiger charge is 2.23. The number of methoxy groups -OCH3 is 1. The van der Waals surface area contributed by atoms with Crippen molar-refractivity contribution in [2.24, 2.45) is 0 Å². The molecule has 0 saturated carbocycles. The van der Waals surface area contributed by atoms with Crippen molar-refractivity contribution in [1.82, 2.24) is 0 Å². The summed E-state index contributed by atoms with van der Waals surface area (Å²) in [5.74, 6) is 0.519. The van der Waals surface area contributed by atoms with Crippen LogP contribution in [0.1, 0.15) is 0 Å². The van der Waals surface area contributed by atoms with E-state index in [1.165, 1.54) is 7.11 Å². The van der Waals surface area contributed by atoms with Crippen molar-refractivity contribution < 1.29 is 22.7 Å². The van der Waals surface area contributed by atoms with Crippen LogP contribution in [0, 0.1) is 0 Å². The number of nitrogens with zero attached hydrogens (tertiary/aromatic N) is 1. The van der Waals surface area contributed by atoms with E-state index >= 15 is 0 Å². The molecule has 8 heteroatoms. The highest BCUT2D eigenvalue weighted by molar-refractivity contribution is 7.92. The predicted octanol–water partition coefficient (Wildman–Crippen LogP) is 2.66. The van der Waals surface area contributed by atoms with Gasteiger partial charge in [-0.25, -0.2) is 8.42 Å². The van der Waals surface area contributed by atoms with E-state index in [-0.39, 0.29) is 6.54 Å². The fraction of sp³-hybridized carbons (Fsp3) is 0.211. The van der Waals surface area contributed by atoms with Gasteiger partial charge in [0, 0.05) is 5.69 Å². The van der Waals surface area contributed by atoms with E-state index in [9.17, 15) is 13.2 Å². The van der Waals surface area contributed by atoms with Crippen molar-refractivity contribution in [2.45, 2.75) is 0 Å². The van der Waals surface area contributed by atoms with Crippen LogP contribution in [0.3, 0.4) is 0 Å². The molecule has 7 nitrogen and oxygen atoms in total. The third-order valence-corrected chi connectivity index (χ3v) is 4.67. The SMILES string of the molecule is C=CCOc1ccc(NC(=O)CN(c2ccccc2OC)S(C)(=O)=O)cc1. The predicted molar refractivity (Wildman–Crippen MR) is 106 cm³/mol. The minimum absolute atomic E-state index is 0.297. The molecule has 2 aromatic carbocycles. The molecule has 0 fully saturated rings. The first kappa shape index (κ1) is 20.3. The first-order valence-electron chi connectivity index (χ1n) is 8.09. The summed E-state index contributed by atoms with van der Waals surface area (Å²) in [5, 5.41) is 2.67. The zero-order valence-corrected chi connectivity index (χ0v) is 16.0. The largest absolute Gasteiger partial charge is 0.495 e. The average Bonchev–Trinajstić information content (AvgIpc) is 2.64. The van der Waals surface area contributed by atoms with E-state index in [0.717, 1.165) is 10.6 Å². The Labute approximate surface area is 159 Å². The minimum atomic E-state index is -3.69. The molecule has 0 unspecified atom stereocenters. The van der Waals surface area contributed by atoms with Gasteiger partial charge in [-0.1, -0.05) is 24.8 Å². The summed E-state index contributed by atoms with van der Waals surface area (Å²) in [7, 11) is -2.25. The Balaban J connectivity index is 2.14. The number of rotatable bonds is 9. The van der Waals surface area contributed by atoms with Crippen LogP contribution in [0.15, 0.2) is 61.2 Å². The lowest BCUT2D eigenvalue weighted by molar-refractivity contribution is -0.114. The summed E-state index contributed by atoms with van der Waals surface area (Å²) >= 11 is 0. The smallest absolute Gasteiger partial charge is 0.245 e. The molecular formula is C19H22N2O5S. The van der Waals surface area contributed by atoms with Gasteiger partial charge in [-0.05, 0) is 36.4 Å². The second-order valence-electron chi connectivity index (χ2n) is 5.61.